The summed E-state index contributed by atoms with van der Waals surface area (Å²) in [5, 5.41) is 10.1. The van der Waals surface area contributed by atoms with Crippen LogP contribution in [0.25, 0.3) is 93.2 Å². The van der Waals surface area contributed by atoms with Gasteiger partial charge in [-0.25, -0.2) is 0 Å². The van der Waals surface area contributed by atoms with Crippen LogP contribution >= 0.6 is 0 Å². The van der Waals surface area contributed by atoms with Gasteiger partial charge in [0.05, 0.1) is 11.0 Å². The second-order valence-corrected chi connectivity index (χ2v) is 16.1. The fourth-order valence-electron chi connectivity index (χ4n) is 9.67. The summed E-state index contributed by atoms with van der Waals surface area (Å²) in [6, 6.07) is 88.5. The van der Waals surface area contributed by atoms with Crippen LogP contribution < -0.4 is 4.90 Å². The summed E-state index contributed by atoms with van der Waals surface area (Å²) in [5.74, 6) is 0. The molecule has 11 aromatic carbocycles. The first-order valence-electron chi connectivity index (χ1n) is 21.3. The van der Waals surface area contributed by atoms with Gasteiger partial charge in [0, 0.05) is 33.5 Å². The molecule has 1 heterocycles. The summed E-state index contributed by atoms with van der Waals surface area (Å²) < 4.78 is 2.40. The van der Waals surface area contributed by atoms with E-state index in [2.05, 4.69) is 252 Å². The molecule has 0 saturated carbocycles. The van der Waals surface area contributed by atoms with E-state index in [0.29, 0.717) is 0 Å². The lowest BCUT2D eigenvalue weighted by molar-refractivity contribution is 1.17. The Balaban J connectivity index is 0.999. The first kappa shape index (κ1) is 35.7. The lowest BCUT2D eigenvalue weighted by atomic mass is 9.94. The number of rotatable bonds is 7. The zero-order valence-corrected chi connectivity index (χ0v) is 34.0. The van der Waals surface area contributed by atoms with Gasteiger partial charge in [0.15, 0.2) is 0 Å². The highest BCUT2D eigenvalue weighted by Crippen LogP contribution is 2.42. The van der Waals surface area contributed by atoms with E-state index in [1.807, 2.05) is 0 Å². The maximum absolute atomic E-state index is 2.40. The van der Waals surface area contributed by atoms with Gasteiger partial charge < -0.3 is 9.47 Å². The molecule has 0 atom stereocenters. The molecule has 0 unspecified atom stereocenters. The third kappa shape index (κ3) is 6.04. The predicted molar refractivity (Wildman–Crippen MR) is 264 cm³/mol. The van der Waals surface area contributed by atoms with Crippen LogP contribution in [0.1, 0.15) is 0 Å². The molecule has 0 aliphatic rings. The number of fused-ring (bicyclic) bond motifs is 7. The zero-order chi connectivity index (χ0) is 41.0. The Kier molecular flexibility index (Phi) is 8.53. The molecule has 2 nitrogen and oxygen atoms in total. The average Bonchev–Trinajstić information content (AvgIpc) is 3.68. The number of nitrogens with zero attached hydrogens (tertiary/aromatic N) is 2. The van der Waals surface area contributed by atoms with Crippen molar-refractivity contribution in [2.45, 2.75) is 0 Å². The molecule has 0 amide bonds. The number of para-hydroxylation sites is 2. The summed E-state index contributed by atoms with van der Waals surface area (Å²) >= 11 is 0. The van der Waals surface area contributed by atoms with E-state index >= 15 is 0 Å². The fraction of sp³-hybridized carbons (Fsp3) is 0. The van der Waals surface area contributed by atoms with Crippen LogP contribution in [-0.4, -0.2) is 4.57 Å². The Hall–Kier alpha value is -8.20. The predicted octanol–water partition coefficient (Wildman–Crippen LogP) is 16.7. The standard InChI is InChI=1S/C60H40N2/c1-3-23-51-42(14-1)16-11-27-53(51)45-18-9-17-44(38-45)41-32-35-47(36-33-41)61(49-21-12-22-50(40-49)62-59-30-7-5-25-57(59)58-26-6-8-31-60(58)62)48-20-10-19-46(39-48)54-28-13-29-55-52-24-4-2-15-43(52)34-37-56(54)55/h1-40H. The smallest absolute Gasteiger partial charge is 0.0541 e. The number of anilines is 3. The van der Waals surface area contributed by atoms with Crippen LogP contribution in [0.2, 0.25) is 0 Å². The van der Waals surface area contributed by atoms with E-state index in [1.165, 1.54) is 87.5 Å². The van der Waals surface area contributed by atoms with E-state index in [9.17, 15) is 0 Å². The van der Waals surface area contributed by atoms with Crippen molar-refractivity contribution in [3.63, 3.8) is 0 Å². The minimum atomic E-state index is 1.08. The topological polar surface area (TPSA) is 8.17 Å². The number of benzene rings is 11. The third-order valence-electron chi connectivity index (χ3n) is 12.6. The molecular weight excluding hydrogens is 749 g/mol. The molecular formula is C60H40N2. The molecule has 0 aliphatic heterocycles. The summed E-state index contributed by atoms with van der Waals surface area (Å²) in [7, 11) is 0. The van der Waals surface area contributed by atoms with Gasteiger partial charge >= 0.3 is 0 Å². The molecule has 12 aromatic rings. The van der Waals surface area contributed by atoms with Crippen LogP contribution in [-0.2, 0) is 0 Å². The van der Waals surface area contributed by atoms with Crippen LogP contribution in [0.3, 0.4) is 0 Å². The summed E-state index contributed by atoms with van der Waals surface area (Å²) in [6.07, 6.45) is 0. The van der Waals surface area contributed by atoms with E-state index in [-0.39, 0.29) is 0 Å². The Morgan fingerprint density at radius 1 is 0.258 bits per heavy atom. The highest BCUT2D eigenvalue weighted by Gasteiger charge is 2.18. The molecule has 0 bridgehead atoms. The number of hydrogen-bond acceptors (Lipinski definition) is 1. The highest BCUT2D eigenvalue weighted by molar-refractivity contribution is 6.12. The van der Waals surface area contributed by atoms with Gasteiger partial charge in [-0.05, 0) is 126 Å². The fourth-order valence-corrected chi connectivity index (χ4v) is 9.67. The number of aromatic nitrogens is 1. The van der Waals surface area contributed by atoms with Crippen molar-refractivity contribution in [2.24, 2.45) is 0 Å². The molecule has 0 radical (unpaired) electrons. The first-order chi connectivity index (χ1) is 30.7. The molecule has 0 saturated heterocycles. The highest BCUT2D eigenvalue weighted by atomic mass is 15.1. The second kappa shape index (κ2) is 14.8. The number of hydrogen-bond donors (Lipinski definition) is 0. The largest absolute Gasteiger partial charge is 0.310 e. The van der Waals surface area contributed by atoms with Gasteiger partial charge in [0.2, 0.25) is 0 Å². The van der Waals surface area contributed by atoms with E-state index in [0.717, 1.165) is 22.7 Å². The van der Waals surface area contributed by atoms with Crippen LogP contribution in [0, 0.1) is 0 Å². The Morgan fingerprint density at radius 3 is 1.53 bits per heavy atom. The van der Waals surface area contributed by atoms with E-state index in [4.69, 9.17) is 0 Å². The van der Waals surface area contributed by atoms with E-state index < -0.39 is 0 Å². The van der Waals surface area contributed by atoms with Gasteiger partial charge in [0.1, 0.15) is 0 Å². The SMILES string of the molecule is c1cc(-c2ccc(N(c3cccc(-c4cccc5c4ccc4ccccc45)c3)c3cccc(-n4c5ccccc5c5ccccc54)c3)cc2)cc(-c2cccc3ccccc23)c1. The zero-order valence-electron chi connectivity index (χ0n) is 34.0. The van der Waals surface area contributed by atoms with Gasteiger partial charge in [0.25, 0.3) is 0 Å². The minimum Gasteiger partial charge on any atom is -0.310 e. The van der Waals surface area contributed by atoms with Gasteiger partial charge in [-0.2, -0.15) is 0 Å². The van der Waals surface area contributed by atoms with Gasteiger partial charge in [-0.3, -0.25) is 0 Å². The molecule has 1 aromatic heterocycles. The molecule has 2 heteroatoms. The van der Waals surface area contributed by atoms with Gasteiger partial charge in [-0.15, -0.1) is 0 Å². The third-order valence-corrected chi connectivity index (χ3v) is 12.6. The molecule has 0 N–H and O–H groups in total. The lowest BCUT2D eigenvalue weighted by Gasteiger charge is -2.27. The van der Waals surface area contributed by atoms with E-state index in [1.54, 1.807) is 0 Å². The van der Waals surface area contributed by atoms with Crippen molar-refractivity contribution in [3.05, 3.63) is 243 Å². The van der Waals surface area contributed by atoms with Crippen molar-refractivity contribution >= 4 is 71.2 Å². The Bertz CT molecular complexity index is 3590. The van der Waals surface area contributed by atoms with Crippen LogP contribution in [0.15, 0.2) is 243 Å². The van der Waals surface area contributed by atoms with Crippen LogP contribution in [0.4, 0.5) is 17.1 Å². The molecule has 0 aliphatic carbocycles. The normalized spacial score (nSPS) is 11.5. The molecule has 12 rings (SSSR count). The van der Waals surface area contributed by atoms with Crippen molar-refractivity contribution in [3.8, 4) is 39.1 Å². The quantitative estimate of drug-likeness (QED) is 0.146. The monoisotopic (exact) mass is 788 g/mol. The molecule has 0 spiro atoms. The van der Waals surface area contributed by atoms with Crippen molar-refractivity contribution in [2.75, 3.05) is 4.90 Å². The summed E-state index contributed by atoms with van der Waals surface area (Å²) in [6.45, 7) is 0. The molecule has 290 valence electrons. The second-order valence-electron chi connectivity index (χ2n) is 16.1. The van der Waals surface area contributed by atoms with Crippen molar-refractivity contribution in [1.82, 2.24) is 4.57 Å². The Morgan fingerprint density at radius 2 is 0.774 bits per heavy atom. The minimum absolute atomic E-state index is 1.08. The van der Waals surface area contributed by atoms with Crippen molar-refractivity contribution in [1.29, 1.82) is 0 Å². The Labute approximate surface area is 360 Å². The molecule has 0 fully saturated rings. The first-order valence-corrected chi connectivity index (χ1v) is 21.3. The van der Waals surface area contributed by atoms with Crippen LogP contribution in [0.5, 0.6) is 0 Å². The average molecular weight is 789 g/mol. The summed E-state index contributed by atoms with van der Waals surface area (Å²) in [5.41, 5.74) is 14.0. The van der Waals surface area contributed by atoms with Crippen molar-refractivity contribution < 1.29 is 0 Å². The molecule has 62 heavy (non-hydrogen) atoms. The summed E-state index contributed by atoms with van der Waals surface area (Å²) in [4.78, 5) is 2.40. The maximum atomic E-state index is 2.40. The van der Waals surface area contributed by atoms with Gasteiger partial charge in [-0.1, -0.05) is 182 Å². The lowest BCUT2D eigenvalue weighted by Crippen LogP contribution is -2.10. The maximum Gasteiger partial charge on any atom is 0.0541 e.